The molecule has 1 atom stereocenters. The molecule has 0 aromatic heterocycles. The van der Waals surface area contributed by atoms with Crippen molar-refractivity contribution in [1.82, 2.24) is 0 Å². The summed E-state index contributed by atoms with van der Waals surface area (Å²) in [7, 11) is 0. The van der Waals surface area contributed by atoms with Crippen LogP contribution in [-0.2, 0) is 20.9 Å². The minimum Gasteiger partial charge on any atom is -0.461 e. The molecular formula is C18H16FNO3. The van der Waals surface area contributed by atoms with Gasteiger partial charge >= 0.3 is 5.97 Å². The number of benzene rings is 2. The number of nitrogens with zero attached hydrogens (tertiary/aromatic N) is 1. The molecule has 1 saturated heterocycles. The molecular weight excluding hydrogens is 297 g/mol. The molecule has 0 N–H and O–H groups in total. The lowest BCUT2D eigenvalue weighted by Crippen LogP contribution is -2.26. The van der Waals surface area contributed by atoms with E-state index in [4.69, 9.17) is 4.74 Å². The molecule has 2 aromatic carbocycles. The van der Waals surface area contributed by atoms with E-state index in [9.17, 15) is 14.0 Å². The number of ether oxygens (including phenoxy) is 1. The van der Waals surface area contributed by atoms with E-state index >= 15 is 0 Å². The van der Waals surface area contributed by atoms with Crippen molar-refractivity contribution in [2.24, 2.45) is 5.92 Å². The van der Waals surface area contributed by atoms with Gasteiger partial charge in [0.1, 0.15) is 12.4 Å². The highest BCUT2D eigenvalue weighted by Crippen LogP contribution is 2.25. The summed E-state index contributed by atoms with van der Waals surface area (Å²) in [5.74, 6) is -1.29. The molecule has 1 amide bonds. The van der Waals surface area contributed by atoms with Crippen LogP contribution in [0.25, 0.3) is 0 Å². The average Bonchev–Trinajstić information content (AvgIpc) is 2.97. The molecule has 1 fully saturated rings. The van der Waals surface area contributed by atoms with Crippen LogP contribution in [0.2, 0.25) is 0 Å². The number of halogens is 1. The maximum Gasteiger partial charge on any atom is 0.311 e. The van der Waals surface area contributed by atoms with E-state index in [0.29, 0.717) is 12.1 Å². The van der Waals surface area contributed by atoms with E-state index in [1.807, 2.05) is 30.3 Å². The Morgan fingerprint density at radius 2 is 1.83 bits per heavy atom. The summed E-state index contributed by atoms with van der Waals surface area (Å²) in [5, 5.41) is 0. The summed E-state index contributed by atoms with van der Waals surface area (Å²) in [6.45, 7) is 0.403. The van der Waals surface area contributed by atoms with Gasteiger partial charge in [0.25, 0.3) is 0 Å². The van der Waals surface area contributed by atoms with Gasteiger partial charge in [-0.2, -0.15) is 0 Å². The first-order valence-electron chi connectivity index (χ1n) is 7.40. The van der Waals surface area contributed by atoms with E-state index in [1.165, 1.54) is 12.1 Å². The SMILES string of the molecule is O=C(OCc1ccc(F)cc1)[C@@H]1CC(=O)N(c2ccccc2)C1. The number of para-hydroxylation sites is 1. The molecule has 0 unspecified atom stereocenters. The van der Waals surface area contributed by atoms with Gasteiger partial charge in [0.05, 0.1) is 5.92 Å². The predicted octanol–water partition coefficient (Wildman–Crippen LogP) is 2.92. The molecule has 5 heteroatoms. The van der Waals surface area contributed by atoms with Crippen LogP contribution in [0, 0.1) is 11.7 Å². The summed E-state index contributed by atoms with van der Waals surface area (Å²) >= 11 is 0. The van der Waals surface area contributed by atoms with Crippen molar-refractivity contribution in [3.05, 3.63) is 66.0 Å². The van der Waals surface area contributed by atoms with Crippen LogP contribution >= 0.6 is 0 Å². The standard InChI is InChI=1S/C18H16FNO3/c19-15-8-6-13(7-9-15)12-23-18(22)14-10-17(21)20(11-14)16-4-2-1-3-5-16/h1-9,14H,10-12H2/t14-/m1/s1. The topological polar surface area (TPSA) is 46.6 Å². The average molecular weight is 313 g/mol. The maximum absolute atomic E-state index is 12.8. The molecule has 1 aliphatic rings. The van der Waals surface area contributed by atoms with Crippen LogP contribution in [0.5, 0.6) is 0 Å². The van der Waals surface area contributed by atoms with Crippen molar-refractivity contribution >= 4 is 17.6 Å². The quantitative estimate of drug-likeness (QED) is 0.815. The third kappa shape index (κ3) is 3.56. The molecule has 118 valence electrons. The highest BCUT2D eigenvalue weighted by Gasteiger charge is 2.36. The fourth-order valence-corrected chi connectivity index (χ4v) is 2.58. The Balaban J connectivity index is 1.58. The van der Waals surface area contributed by atoms with Crippen molar-refractivity contribution in [1.29, 1.82) is 0 Å². The van der Waals surface area contributed by atoms with Crippen molar-refractivity contribution in [3.63, 3.8) is 0 Å². The number of rotatable bonds is 4. The van der Waals surface area contributed by atoms with Gasteiger partial charge in [-0.05, 0) is 29.8 Å². The van der Waals surface area contributed by atoms with E-state index in [0.717, 1.165) is 5.69 Å². The maximum atomic E-state index is 12.8. The smallest absolute Gasteiger partial charge is 0.311 e. The lowest BCUT2D eigenvalue weighted by molar-refractivity contribution is -0.149. The molecule has 1 aliphatic heterocycles. The largest absolute Gasteiger partial charge is 0.461 e. The third-order valence-corrected chi connectivity index (χ3v) is 3.82. The van der Waals surface area contributed by atoms with Gasteiger partial charge in [-0.25, -0.2) is 4.39 Å². The molecule has 4 nitrogen and oxygen atoms in total. The number of amides is 1. The lowest BCUT2D eigenvalue weighted by Gasteiger charge is -2.16. The van der Waals surface area contributed by atoms with E-state index in [-0.39, 0.29) is 24.8 Å². The Bertz CT molecular complexity index is 700. The third-order valence-electron chi connectivity index (χ3n) is 3.82. The van der Waals surface area contributed by atoms with Gasteiger partial charge in [-0.3, -0.25) is 9.59 Å². The Labute approximate surface area is 133 Å². The second kappa shape index (κ2) is 6.60. The first-order valence-corrected chi connectivity index (χ1v) is 7.40. The number of carbonyl (C=O) groups excluding carboxylic acids is 2. The molecule has 0 spiro atoms. The predicted molar refractivity (Wildman–Crippen MR) is 83.1 cm³/mol. The molecule has 0 aliphatic carbocycles. The molecule has 0 bridgehead atoms. The summed E-state index contributed by atoms with van der Waals surface area (Å²) in [6.07, 6.45) is 0.150. The van der Waals surface area contributed by atoms with Crippen molar-refractivity contribution < 1.29 is 18.7 Å². The Morgan fingerprint density at radius 3 is 2.52 bits per heavy atom. The highest BCUT2D eigenvalue weighted by molar-refractivity contribution is 5.99. The van der Waals surface area contributed by atoms with Crippen LogP contribution in [0.4, 0.5) is 10.1 Å². The van der Waals surface area contributed by atoms with Gasteiger partial charge in [0.2, 0.25) is 5.91 Å². The summed E-state index contributed by atoms with van der Waals surface area (Å²) in [6, 6.07) is 15.0. The van der Waals surface area contributed by atoms with Gasteiger partial charge in [0.15, 0.2) is 0 Å². The van der Waals surface area contributed by atoms with Gasteiger partial charge in [-0.1, -0.05) is 30.3 Å². The molecule has 2 aromatic rings. The van der Waals surface area contributed by atoms with Crippen molar-refractivity contribution in [3.8, 4) is 0 Å². The monoisotopic (exact) mass is 313 g/mol. The number of anilines is 1. The van der Waals surface area contributed by atoms with Crippen LogP contribution in [0.1, 0.15) is 12.0 Å². The zero-order valence-corrected chi connectivity index (χ0v) is 12.4. The summed E-state index contributed by atoms with van der Waals surface area (Å²) in [5.41, 5.74) is 1.50. The Kier molecular flexibility index (Phi) is 4.37. The van der Waals surface area contributed by atoms with E-state index in [1.54, 1.807) is 17.0 Å². The lowest BCUT2D eigenvalue weighted by atomic mass is 10.1. The normalized spacial score (nSPS) is 17.3. The minimum atomic E-state index is -0.469. The van der Waals surface area contributed by atoms with Crippen molar-refractivity contribution in [2.45, 2.75) is 13.0 Å². The number of hydrogen-bond donors (Lipinski definition) is 0. The molecule has 0 radical (unpaired) electrons. The van der Waals surface area contributed by atoms with E-state index < -0.39 is 11.9 Å². The Hall–Kier alpha value is -2.69. The number of hydrogen-bond acceptors (Lipinski definition) is 3. The molecule has 23 heavy (non-hydrogen) atoms. The van der Waals surface area contributed by atoms with Crippen molar-refractivity contribution in [2.75, 3.05) is 11.4 Å². The zero-order chi connectivity index (χ0) is 16.2. The van der Waals surface area contributed by atoms with Gasteiger partial charge < -0.3 is 9.64 Å². The first kappa shape index (κ1) is 15.2. The number of carbonyl (C=O) groups is 2. The second-order valence-electron chi connectivity index (χ2n) is 5.48. The second-order valence-corrected chi connectivity index (χ2v) is 5.48. The van der Waals surface area contributed by atoms with Gasteiger partial charge in [-0.15, -0.1) is 0 Å². The van der Waals surface area contributed by atoms with Gasteiger partial charge in [0, 0.05) is 18.7 Å². The Morgan fingerprint density at radius 1 is 1.13 bits per heavy atom. The fraction of sp³-hybridized carbons (Fsp3) is 0.222. The van der Waals surface area contributed by atoms with Crippen LogP contribution in [0.3, 0.4) is 0 Å². The number of esters is 1. The summed E-state index contributed by atoms with van der Waals surface area (Å²) in [4.78, 5) is 25.8. The molecule has 1 heterocycles. The van der Waals surface area contributed by atoms with Crippen LogP contribution in [0.15, 0.2) is 54.6 Å². The summed E-state index contributed by atoms with van der Waals surface area (Å²) < 4.78 is 18.1. The first-order chi connectivity index (χ1) is 11.1. The zero-order valence-electron chi connectivity index (χ0n) is 12.4. The highest BCUT2D eigenvalue weighted by atomic mass is 19.1. The molecule has 0 saturated carbocycles. The van der Waals surface area contributed by atoms with E-state index in [2.05, 4.69) is 0 Å². The van der Waals surface area contributed by atoms with Crippen LogP contribution in [-0.4, -0.2) is 18.4 Å². The fourth-order valence-electron chi connectivity index (χ4n) is 2.58. The van der Waals surface area contributed by atoms with Crippen LogP contribution < -0.4 is 4.90 Å². The molecule has 3 rings (SSSR count). The minimum absolute atomic E-state index is 0.0785.